The number of rotatable bonds is 5. The molecule has 0 N–H and O–H groups in total. The molecule has 1 fully saturated rings. The predicted octanol–water partition coefficient (Wildman–Crippen LogP) is 5.10. The Kier molecular flexibility index (Phi) is 6.44. The largest absolute Gasteiger partial charge is 0.549 e. The third-order valence-electron chi connectivity index (χ3n) is 5.75. The summed E-state index contributed by atoms with van der Waals surface area (Å²) in [6.07, 6.45) is 4.41. The first-order valence-corrected chi connectivity index (χ1v) is 13.8. The fourth-order valence-corrected chi connectivity index (χ4v) is 4.89. The van der Waals surface area contributed by atoms with E-state index in [4.69, 9.17) is 4.43 Å². The molecule has 27 heavy (non-hydrogen) atoms. The van der Waals surface area contributed by atoms with Crippen LogP contribution in [0.3, 0.4) is 0 Å². The number of aryl methyl sites for hydroxylation is 1. The summed E-state index contributed by atoms with van der Waals surface area (Å²) >= 11 is 0. The minimum atomic E-state index is -3.49. The van der Waals surface area contributed by atoms with Gasteiger partial charge in [0.25, 0.3) is 0 Å². The first-order valence-electron chi connectivity index (χ1n) is 9.43. The lowest BCUT2D eigenvalue weighted by Gasteiger charge is -2.35. The van der Waals surface area contributed by atoms with Crippen molar-refractivity contribution in [1.29, 1.82) is 0 Å². The highest BCUT2D eigenvalue weighted by atomic mass is 32.2. The molecule has 1 atom stereocenters. The minimum Gasteiger partial charge on any atom is -0.549 e. The zero-order valence-electron chi connectivity index (χ0n) is 17.5. The number of nitrogens with zero attached hydrogens (tertiary/aromatic N) is 1. The molecule has 0 aliphatic carbocycles. The van der Waals surface area contributed by atoms with Crippen molar-refractivity contribution in [3.63, 3.8) is 0 Å². The van der Waals surface area contributed by atoms with Gasteiger partial charge in [0.15, 0.2) is 0 Å². The molecule has 1 unspecified atom stereocenters. The molecule has 0 bridgehead atoms. The summed E-state index contributed by atoms with van der Waals surface area (Å²) in [7, 11) is -5.36. The van der Waals surface area contributed by atoms with Crippen molar-refractivity contribution in [2.24, 2.45) is 5.92 Å². The van der Waals surface area contributed by atoms with E-state index < -0.39 is 18.3 Å². The van der Waals surface area contributed by atoms with Crippen LogP contribution in [0, 0.1) is 12.8 Å². The van der Waals surface area contributed by atoms with E-state index in [9.17, 15) is 8.42 Å². The van der Waals surface area contributed by atoms with E-state index in [0.717, 1.165) is 11.1 Å². The van der Waals surface area contributed by atoms with Crippen molar-refractivity contribution in [3.05, 3.63) is 54.3 Å². The lowest BCUT2D eigenvalue weighted by Crippen LogP contribution is -2.41. The van der Waals surface area contributed by atoms with Crippen LogP contribution in [-0.4, -0.2) is 34.1 Å². The van der Waals surface area contributed by atoms with Crippen molar-refractivity contribution in [3.8, 4) is 0 Å². The molecule has 0 radical (unpaired) electrons. The van der Waals surface area contributed by atoms with Crippen LogP contribution >= 0.6 is 0 Å². The Labute approximate surface area is 166 Å². The van der Waals surface area contributed by atoms with Crippen LogP contribution in [-0.2, 0) is 14.4 Å². The Morgan fingerprint density at radius 3 is 2.37 bits per heavy atom. The maximum Gasteiger partial charge on any atom is 0.249 e. The van der Waals surface area contributed by atoms with E-state index in [2.05, 4.69) is 40.4 Å². The molecule has 0 aromatic heterocycles. The SMILES string of the molecule is C=C1CCN(S(=O)(=O)c2ccc(C)cc2)CC1/C=C/O[Si](C)(C)C(C)(C)C. The van der Waals surface area contributed by atoms with Crippen molar-refractivity contribution in [2.45, 2.75) is 57.1 Å². The summed E-state index contributed by atoms with van der Waals surface area (Å²) in [5, 5.41) is 0.127. The second kappa shape index (κ2) is 7.93. The number of hydrogen-bond donors (Lipinski definition) is 0. The van der Waals surface area contributed by atoms with Crippen LogP contribution < -0.4 is 0 Å². The van der Waals surface area contributed by atoms with Gasteiger partial charge in [-0.25, -0.2) is 8.42 Å². The topological polar surface area (TPSA) is 46.6 Å². The van der Waals surface area contributed by atoms with Gasteiger partial charge in [-0.1, -0.05) is 50.6 Å². The summed E-state index contributed by atoms with van der Waals surface area (Å²) in [6, 6.07) is 7.03. The van der Waals surface area contributed by atoms with Gasteiger partial charge in [0.05, 0.1) is 11.2 Å². The molecule has 0 saturated carbocycles. The number of hydrogen-bond acceptors (Lipinski definition) is 3. The average Bonchev–Trinajstić information content (AvgIpc) is 2.55. The molecule has 1 aliphatic rings. The fraction of sp³-hybridized carbons (Fsp3) is 0.524. The van der Waals surface area contributed by atoms with E-state index in [1.165, 1.54) is 0 Å². The molecular formula is C21H33NO3SSi. The molecule has 1 aliphatic heterocycles. The quantitative estimate of drug-likeness (QED) is 0.388. The molecule has 4 nitrogen and oxygen atoms in total. The van der Waals surface area contributed by atoms with E-state index >= 15 is 0 Å². The summed E-state index contributed by atoms with van der Waals surface area (Å²) in [5.41, 5.74) is 2.10. The maximum absolute atomic E-state index is 13.0. The molecule has 1 heterocycles. The molecule has 1 aromatic rings. The van der Waals surface area contributed by atoms with Gasteiger partial charge in [-0.2, -0.15) is 4.31 Å². The summed E-state index contributed by atoms with van der Waals surface area (Å²) in [6.45, 7) is 18.0. The van der Waals surface area contributed by atoms with E-state index in [1.807, 2.05) is 25.1 Å². The zero-order valence-corrected chi connectivity index (χ0v) is 19.3. The van der Waals surface area contributed by atoms with Gasteiger partial charge in [0.2, 0.25) is 18.3 Å². The Hall–Kier alpha value is -1.37. The summed E-state index contributed by atoms with van der Waals surface area (Å²) in [4.78, 5) is 0.348. The Balaban J connectivity index is 2.13. The Morgan fingerprint density at radius 1 is 1.22 bits per heavy atom. The third kappa shape index (κ3) is 5.12. The molecule has 1 saturated heterocycles. The normalized spacial score (nSPS) is 20.2. The van der Waals surface area contributed by atoms with Gasteiger partial charge in [0, 0.05) is 19.0 Å². The molecule has 2 rings (SSSR count). The lowest BCUT2D eigenvalue weighted by atomic mass is 9.94. The van der Waals surface area contributed by atoms with Crippen LogP contribution in [0.2, 0.25) is 18.1 Å². The summed E-state index contributed by atoms with van der Waals surface area (Å²) < 4.78 is 33.6. The highest BCUT2D eigenvalue weighted by Crippen LogP contribution is 2.37. The smallest absolute Gasteiger partial charge is 0.249 e. The summed E-state index contributed by atoms with van der Waals surface area (Å²) in [5.74, 6) is -0.0243. The van der Waals surface area contributed by atoms with Gasteiger partial charge in [-0.3, -0.25) is 0 Å². The predicted molar refractivity (Wildman–Crippen MR) is 115 cm³/mol. The van der Waals surface area contributed by atoms with Gasteiger partial charge < -0.3 is 4.43 Å². The molecule has 150 valence electrons. The van der Waals surface area contributed by atoms with Crippen molar-refractivity contribution >= 4 is 18.3 Å². The van der Waals surface area contributed by atoms with Gasteiger partial charge in [0.1, 0.15) is 0 Å². The first kappa shape index (κ1) is 21.9. The third-order valence-corrected chi connectivity index (χ3v) is 12.0. The van der Waals surface area contributed by atoms with Gasteiger partial charge in [-0.15, -0.1) is 0 Å². The van der Waals surface area contributed by atoms with Crippen LogP contribution in [0.15, 0.2) is 53.7 Å². The van der Waals surface area contributed by atoms with Crippen LogP contribution in [0.1, 0.15) is 32.8 Å². The molecule has 6 heteroatoms. The van der Waals surface area contributed by atoms with Crippen molar-refractivity contribution < 1.29 is 12.8 Å². The Morgan fingerprint density at radius 2 is 1.81 bits per heavy atom. The minimum absolute atomic E-state index is 0.0243. The van der Waals surface area contributed by atoms with E-state index in [0.29, 0.717) is 24.4 Å². The van der Waals surface area contributed by atoms with Crippen LogP contribution in [0.4, 0.5) is 0 Å². The molecule has 1 aromatic carbocycles. The molecule has 0 amide bonds. The van der Waals surface area contributed by atoms with Crippen molar-refractivity contribution in [1.82, 2.24) is 4.31 Å². The lowest BCUT2D eigenvalue weighted by molar-refractivity contribution is 0.347. The van der Waals surface area contributed by atoms with Crippen molar-refractivity contribution in [2.75, 3.05) is 13.1 Å². The highest BCUT2D eigenvalue weighted by molar-refractivity contribution is 7.89. The van der Waals surface area contributed by atoms with E-state index in [1.54, 1.807) is 22.7 Å². The van der Waals surface area contributed by atoms with E-state index in [-0.39, 0.29) is 11.0 Å². The standard InChI is InChI=1S/C21H33NO3SSi/c1-17-8-10-20(11-9-17)26(23,24)22-14-12-18(2)19(16-22)13-15-25-27(6,7)21(3,4)5/h8-11,13,15,19H,2,12,14,16H2,1,3-7H3/b15-13+. The first-order chi connectivity index (χ1) is 12.3. The van der Waals surface area contributed by atoms with Gasteiger partial charge >= 0.3 is 0 Å². The monoisotopic (exact) mass is 407 g/mol. The van der Waals surface area contributed by atoms with Crippen LogP contribution in [0.5, 0.6) is 0 Å². The molecular weight excluding hydrogens is 374 g/mol. The van der Waals surface area contributed by atoms with Gasteiger partial charge in [-0.05, 0) is 49.7 Å². The Bertz CT molecular complexity index is 805. The number of piperidine rings is 1. The maximum atomic E-state index is 13.0. The number of benzene rings is 1. The highest BCUT2D eigenvalue weighted by Gasteiger charge is 2.38. The second-order valence-corrected chi connectivity index (χ2v) is 15.6. The van der Waals surface area contributed by atoms with Crippen LogP contribution in [0.25, 0.3) is 0 Å². The average molecular weight is 408 g/mol. The number of sulfonamides is 1. The second-order valence-electron chi connectivity index (χ2n) is 8.90. The zero-order chi connectivity index (χ0) is 20.5. The fourth-order valence-electron chi connectivity index (χ4n) is 2.65. The molecule has 0 spiro atoms.